The molecule has 1 saturated heterocycles. The lowest BCUT2D eigenvalue weighted by molar-refractivity contribution is 0.197. The highest BCUT2D eigenvalue weighted by atomic mass is 79.9. The molecule has 1 aromatic carbocycles. The highest BCUT2D eigenvalue weighted by Crippen LogP contribution is 2.28. The second kappa shape index (κ2) is 6.80. The number of piperidine rings is 1. The zero-order valence-corrected chi connectivity index (χ0v) is 15.6. The maximum absolute atomic E-state index is 13.8. The molecule has 3 heterocycles. The van der Waals surface area contributed by atoms with Crippen molar-refractivity contribution in [2.24, 2.45) is 0 Å². The van der Waals surface area contributed by atoms with E-state index in [1.54, 1.807) is 18.5 Å². The lowest BCUT2D eigenvalue weighted by atomic mass is 9.93. The second-order valence-electron chi connectivity index (χ2n) is 6.62. The second-order valence-corrected chi connectivity index (χ2v) is 7.47. The molecule has 2 aromatic heterocycles. The van der Waals surface area contributed by atoms with Crippen LogP contribution in [0.25, 0.3) is 5.78 Å². The summed E-state index contributed by atoms with van der Waals surface area (Å²) >= 11 is 3.21. The number of benzene rings is 1. The van der Waals surface area contributed by atoms with Gasteiger partial charge < -0.3 is 0 Å². The van der Waals surface area contributed by atoms with Crippen molar-refractivity contribution in [3.05, 3.63) is 57.8 Å². The third kappa shape index (κ3) is 3.43. The van der Waals surface area contributed by atoms with Crippen molar-refractivity contribution in [3.8, 4) is 0 Å². The summed E-state index contributed by atoms with van der Waals surface area (Å²) in [5.74, 6) is 0.821. The van der Waals surface area contributed by atoms with Gasteiger partial charge in [-0.1, -0.05) is 6.07 Å². The van der Waals surface area contributed by atoms with Gasteiger partial charge in [0.05, 0.1) is 10.2 Å². The molecule has 0 spiro atoms. The van der Waals surface area contributed by atoms with E-state index in [0.717, 1.165) is 49.4 Å². The molecule has 5 nitrogen and oxygen atoms in total. The van der Waals surface area contributed by atoms with Crippen LogP contribution in [0.1, 0.15) is 35.7 Å². The Morgan fingerprint density at radius 2 is 2.20 bits per heavy atom. The molecule has 130 valence electrons. The summed E-state index contributed by atoms with van der Waals surface area (Å²) in [5, 5.41) is 4.34. The maximum atomic E-state index is 13.8. The summed E-state index contributed by atoms with van der Waals surface area (Å²) in [6, 6.07) is 7.47. The van der Waals surface area contributed by atoms with Gasteiger partial charge >= 0.3 is 0 Å². The van der Waals surface area contributed by atoms with Crippen molar-refractivity contribution >= 4 is 21.7 Å². The van der Waals surface area contributed by atoms with Gasteiger partial charge in [-0.05, 0) is 66.0 Å². The minimum Gasteiger partial charge on any atom is -0.298 e. The molecule has 1 aliphatic rings. The van der Waals surface area contributed by atoms with E-state index in [2.05, 4.69) is 42.0 Å². The quantitative estimate of drug-likeness (QED) is 0.668. The Balaban J connectivity index is 1.56. The Kier molecular flexibility index (Phi) is 4.52. The van der Waals surface area contributed by atoms with E-state index < -0.39 is 0 Å². The Labute approximate surface area is 154 Å². The Bertz CT molecular complexity index is 910. The molecule has 0 bridgehead atoms. The lowest BCUT2D eigenvalue weighted by Gasteiger charge is -2.33. The first-order valence-electron chi connectivity index (χ1n) is 8.44. The van der Waals surface area contributed by atoms with Gasteiger partial charge in [0, 0.05) is 24.7 Å². The number of nitrogens with zero attached hydrogens (tertiary/aromatic N) is 5. The molecule has 3 aromatic rings. The minimum atomic E-state index is -0.208. The molecule has 7 heteroatoms. The molecule has 0 unspecified atom stereocenters. The number of likely N-dealkylation sites (tertiary alicyclic amines) is 1. The van der Waals surface area contributed by atoms with Crippen LogP contribution in [-0.2, 0) is 6.54 Å². The predicted octanol–water partition coefficient (Wildman–Crippen LogP) is 3.71. The number of halogens is 2. The van der Waals surface area contributed by atoms with Gasteiger partial charge in [0.2, 0.25) is 0 Å². The SMILES string of the molecule is Cc1cc([C@@H]2CCCN(Cc3ccc(Br)c(F)c3)C2)n2ncnc2n1. The van der Waals surface area contributed by atoms with E-state index in [-0.39, 0.29) is 5.82 Å². The van der Waals surface area contributed by atoms with Crippen LogP contribution in [0, 0.1) is 12.7 Å². The lowest BCUT2D eigenvalue weighted by Crippen LogP contribution is -2.34. The van der Waals surface area contributed by atoms with Crippen molar-refractivity contribution in [2.75, 3.05) is 13.1 Å². The van der Waals surface area contributed by atoms with Crippen LogP contribution in [0.3, 0.4) is 0 Å². The molecule has 1 aliphatic heterocycles. The van der Waals surface area contributed by atoms with Gasteiger partial charge in [-0.2, -0.15) is 10.1 Å². The van der Waals surface area contributed by atoms with Crippen molar-refractivity contribution in [1.82, 2.24) is 24.5 Å². The summed E-state index contributed by atoms with van der Waals surface area (Å²) in [4.78, 5) is 11.0. The standard InChI is InChI=1S/C18H19BrFN5/c1-12-7-17(25-18(23-12)21-11-22-25)14-3-2-6-24(10-14)9-13-4-5-15(19)16(20)8-13/h4-5,7-8,11,14H,2-3,6,9-10H2,1H3/t14-/m1/s1. The Morgan fingerprint density at radius 3 is 3.04 bits per heavy atom. The number of hydrogen-bond donors (Lipinski definition) is 0. The first-order valence-corrected chi connectivity index (χ1v) is 9.23. The summed E-state index contributed by atoms with van der Waals surface area (Å²) < 4.78 is 16.1. The fourth-order valence-corrected chi connectivity index (χ4v) is 3.83. The van der Waals surface area contributed by atoms with Gasteiger partial charge in [-0.3, -0.25) is 4.90 Å². The van der Waals surface area contributed by atoms with Crippen molar-refractivity contribution in [2.45, 2.75) is 32.2 Å². The molecule has 4 rings (SSSR count). The average molecular weight is 404 g/mol. The molecule has 1 fully saturated rings. The number of fused-ring (bicyclic) bond motifs is 1. The van der Waals surface area contributed by atoms with Crippen LogP contribution < -0.4 is 0 Å². The van der Waals surface area contributed by atoms with E-state index in [1.165, 1.54) is 0 Å². The molecule has 0 N–H and O–H groups in total. The van der Waals surface area contributed by atoms with Crippen LogP contribution in [0.4, 0.5) is 4.39 Å². The van der Waals surface area contributed by atoms with E-state index in [1.807, 2.05) is 17.5 Å². The van der Waals surface area contributed by atoms with Crippen molar-refractivity contribution < 1.29 is 4.39 Å². The van der Waals surface area contributed by atoms with Crippen LogP contribution in [0.5, 0.6) is 0 Å². The van der Waals surface area contributed by atoms with Crippen molar-refractivity contribution in [1.29, 1.82) is 0 Å². The number of rotatable bonds is 3. The molecule has 0 aliphatic carbocycles. The maximum Gasteiger partial charge on any atom is 0.252 e. The number of aryl methyl sites for hydroxylation is 1. The monoisotopic (exact) mass is 403 g/mol. The summed E-state index contributed by atoms with van der Waals surface area (Å²) in [6.45, 7) is 4.70. The van der Waals surface area contributed by atoms with E-state index in [9.17, 15) is 4.39 Å². The zero-order valence-electron chi connectivity index (χ0n) is 14.0. The first kappa shape index (κ1) is 16.6. The highest BCUT2D eigenvalue weighted by Gasteiger charge is 2.24. The smallest absolute Gasteiger partial charge is 0.252 e. The van der Waals surface area contributed by atoms with Crippen molar-refractivity contribution in [3.63, 3.8) is 0 Å². The molecule has 25 heavy (non-hydrogen) atoms. The van der Waals surface area contributed by atoms with Gasteiger partial charge in [-0.15, -0.1) is 0 Å². The molecular weight excluding hydrogens is 385 g/mol. The molecule has 0 saturated carbocycles. The largest absolute Gasteiger partial charge is 0.298 e. The van der Waals surface area contributed by atoms with Crippen LogP contribution in [0.2, 0.25) is 0 Å². The normalized spacial score (nSPS) is 18.8. The van der Waals surface area contributed by atoms with Gasteiger partial charge in [-0.25, -0.2) is 13.9 Å². The predicted molar refractivity (Wildman–Crippen MR) is 96.9 cm³/mol. The fraction of sp³-hybridized carbons (Fsp3) is 0.389. The van der Waals surface area contributed by atoms with Gasteiger partial charge in [0.25, 0.3) is 5.78 Å². The summed E-state index contributed by atoms with van der Waals surface area (Å²) in [7, 11) is 0. The van der Waals surface area contributed by atoms with Crippen LogP contribution >= 0.6 is 15.9 Å². The third-order valence-electron chi connectivity index (χ3n) is 4.72. The number of aromatic nitrogens is 4. The Hall–Kier alpha value is -1.86. The average Bonchev–Trinajstić information content (AvgIpc) is 3.06. The van der Waals surface area contributed by atoms with Crippen LogP contribution in [0.15, 0.2) is 35.1 Å². The topological polar surface area (TPSA) is 46.3 Å². The van der Waals surface area contributed by atoms with Gasteiger partial charge in [0.1, 0.15) is 12.1 Å². The number of hydrogen-bond acceptors (Lipinski definition) is 4. The summed E-state index contributed by atoms with van der Waals surface area (Å²) in [6.07, 6.45) is 3.78. The Morgan fingerprint density at radius 1 is 1.32 bits per heavy atom. The van der Waals surface area contributed by atoms with E-state index >= 15 is 0 Å². The minimum absolute atomic E-state index is 0.208. The fourth-order valence-electron chi connectivity index (χ4n) is 3.59. The molecule has 1 atom stereocenters. The summed E-state index contributed by atoms with van der Waals surface area (Å²) in [5.41, 5.74) is 3.12. The third-order valence-corrected chi connectivity index (χ3v) is 5.36. The first-order chi connectivity index (χ1) is 12.1. The molecule has 0 amide bonds. The van der Waals surface area contributed by atoms with E-state index in [0.29, 0.717) is 16.2 Å². The zero-order chi connectivity index (χ0) is 17.4. The molecule has 0 radical (unpaired) electrons. The molecular formula is C18H19BrFN5. The highest BCUT2D eigenvalue weighted by molar-refractivity contribution is 9.10. The van der Waals surface area contributed by atoms with Crippen LogP contribution in [-0.4, -0.2) is 37.6 Å². The van der Waals surface area contributed by atoms with Gasteiger partial charge in [0.15, 0.2) is 0 Å². The van der Waals surface area contributed by atoms with E-state index in [4.69, 9.17) is 0 Å².